The van der Waals surface area contributed by atoms with E-state index in [2.05, 4.69) is 35.8 Å². The molecular formula is C23H22N8O3. The van der Waals surface area contributed by atoms with Crippen LogP contribution in [-0.2, 0) is 4.74 Å². The summed E-state index contributed by atoms with van der Waals surface area (Å²) in [7, 11) is 0. The van der Waals surface area contributed by atoms with Gasteiger partial charge in [-0.1, -0.05) is 35.9 Å². The molecule has 34 heavy (non-hydrogen) atoms. The third-order valence-electron chi connectivity index (χ3n) is 5.07. The molecule has 5 rings (SSSR count). The average molecular weight is 458 g/mol. The lowest BCUT2D eigenvalue weighted by atomic mass is 10.2. The van der Waals surface area contributed by atoms with Crippen molar-refractivity contribution < 1.29 is 13.9 Å². The number of amides is 1. The number of hydrogen-bond acceptors (Lipinski definition) is 10. The van der Waals surface area contributed by atoms with Gasteiger partial charge in [-0.25, -0.2) is 10.4 Å². The summed E-state index contributed by atoms with van der Waals surface area (Å²) in [6.07, 6.45) is 3.26. The van der Waals surface area contributed by atoms with Gasteiger partial charge in [0.05, 0.1) is 19.4 Å². The van der Waals surface area contributed by atoms with Gasteiger partial charge >= 0.3 is 5.91 Å². The molecule has 0 saturated carbocycles. The number of benzene rings is 1. The van der Waals surface area contributed by atoms with Gasteiger partial charge in [-0.2, -0.15) is 20.1 Å². The number of hydrogen-bond donors (Lipinski definition) is 2. The molecule has 3 aromatic heterocycles. The van der Waals surface area contributed by atoms with Gasteiger partial charge in [0.2, 0.25) is 5.95 Å². The van der Waals surface area contributed by atoms with Gasteiger partial charge in [0.25, 0.3) is 11.6 Å². The van der Waals surface area contributed by atoms with E-state index in [-0.39, 0.29) is 17.6 Å². The maximum Gasteiger partial charge on any atom is 0.312 e. The summed E-state index contributed by atoms with van der Waals surface area (Å²) in [5.41, 5.74) is 5.49. The number of rotatable bonds is 6. The number of fused-ring (bicyclic) bond motifs is 1. The molecule has 1 amide bonds. The van der Waals surface area contributed by atoms with E-state index < -0.39 is 5.91 Å². The molecule has 0 aliphatic carbocycles. The van der Waals surface area contributed by atoms with Crippen LogP contribution in [0.3, 0.4) is 0 Å². The first kappa shape index (κ1) is 21.5. The standard InChI is InChI=1S/C23H22N8O3/c1-15-5-4-6-16(13-15)14-25-30-23-28-19(31-9-11-33-12-10-31)18-21(29-23)34-22(27-18)20(32)26-17-7-2-3-8-24-17/h2-8,13-14H,9-12H2,1H3,(H,24,26,32)(H,28,29,30)/b25-14+. The number of carbonyl (C=O) groups is 1. The summed E-state index contributed by atoms with van der Waals surface area (Å²) >= 11 is 0. The van der Waals surface area contributed by atoms with E-state index in [9.17, 15) is 4.79 Å². The molecule has 0 atom stereocenters. The lowest BCUT2D eigenvalue weighted by Crippen LogP contribution is -2.37. The molecule has 1 aliphatic rings. The molecule has 4 heterocycles. The highest BCUT2D eigenvalue weighted by Crippen LogP contribution is 2.26. The predicted molar refractivity (Wildman–Crippen MR) is 127 cm³/mol. The quantitative estimate of drug-likeness (QED) is 0.331. The largest absolute Gasteiger partial charge is 0.413 e. The van der Waals surface area contributed by atoms with Crippen LogP contribution < -0.4 is 15.6 Å². The fraction of sp³-hybridized carbons (Fsp3) is 0.217. The third kappa shape index (κ3) is 4.84. The molecule has 1 aromatic carbocycles. The highest BCUT2D eigenvalue weighted by Gasteiger charge is 2.24. The molecule has 1 fully saturated rings. The predicted octanol–water partition coefficient (Wildman–Crippen LogP) is 2.86. The number of morpholine rings is 1. The summed E-state index contributed by atoms with van der Waals surface area (Å²) in [6, 6.07) is 13.1. The second-order valence-corrected chi connectivity index (χ2v) is 7.60. The maximum absolute atomic E-state index is 12.7. The van der Waals surface area contributed by atoms with E-state index in [0.717, 1.165) is 11.1 Å². The molecular weight excluding hydrogens is 436 g/mol. The van der Waals surface area contributed by atoms with Crippen molar-refractivity contribution in [2.75, 3.05) is 41.9 Å². The smallest absolute Gasteiger partial charge is 0.312 e. The topological polar surface area (TPSA) is 131 Å². The first-order valence-corrected chi connectivity index (χ1v) is 10.7. The van der Waals surface area contributed by atoms with E-state index in [1.54, 1.807) is 30.6 Å². The lowest BCUT2D eigenvalue weighted by Gasteiger charge is -2.27. The van der Waals surface area contributed by atoms with Gasteiger partial charge in [-0.05, 0) is 24.6 Å². The Kier molecular flexibility index (Phi) is 6.08. The summed E-state index contributed by atoms with van der Waals surface area (Å²) in [5.74, 6) is 0.497. The second-order valence-electron chi connectivity index (χ2n) is 7.60. The molecule has 2 N–H and O–H groups in total. The van der Waals surface area contributed by atoms with Crippen LogP contribution in [0.1, 0.15) is 21.8 Å². The molecule has 11 heteroatoms. The van der Waals surface area contributed by atoms with Crippen LogP contribution in [0.2, 0.25) is 0 Å². The molecule has 1 saturated heterocycles. The Labute approximate surface area is 194 Å². The zero-order valence-corrected chi connectivity index (χ0v) is 18.4. The molecule has 4 aromatic rings. The van der Waals surface area contributed by atoms with Crippen molar-refractivity contribution >= 4 is 40.9 Å². The van der Waals surface area contributed by atoms with Crippen molar-refractivity contribution in [3.8, 4) is 0 Å². The van der Waals surface area contributed by atoms with Gasteiger partial charge in [0, 0.05) is 19.3 Å². The second kappa shape index (κ2) is 9.63. The highest BCUT2D eigenvalue weighted by atomic mass is 16.5. The number of carbonyl (C=O) groups excluding carboxylic acids is 1. The van der Waals surface area contributed by atoms with E-state index in [4.69, 9.17) is 9.15 Å². The molecule has 0 spiro atoms. The molecule has 11 nitrogen and oxygen atoms in total. The minimum Gasteiger partial charge on any atom is -0.413 e. The van der Waals surface area contributed by atoms with Crippen molar-refractivity contribution in [1.29, 1.82) is 0 Å². The zero-order chi connectivity index (χ0) is 23.3. The van der Waals surface area contributed by atoms with Gasteiger partial charge in [0.15, 0.2) is 11.3 Å². The molecule has 0 bridgehead atoms. The van der Waals surface area contributed by atoms with Gasteiger partial charge < -0.3 is 19.4 Å². The summed E-state index contributed by atoms with van der Waals surface area (Å²) in [6.45, 7) is 4.39. The number of aryl methyl sites for hydroxylation is 1. The Morgan fingerprint density at radius 1 is 1.12 bits per heavy atom. The summed E-state index contributed by atoms with van der Waals surface area (Å²) < 4.78 is 11.2. The van der Waals surface area contributed by atoms with Crippen molar-refractivity contribution in [2.45, 2.75) is 6.92 Å². The van der Waals surface area contributed by atoms with Crippen molar-refractivity contribution in [3.63, 3.8) is 0 Å². The van der Waals surface area contributed by atoms with Gasteiger partial charge in [-0.15, -0.1) is 0 Å². The average Bonchev–Trinajstić information content (AvgIpc) is 3.29. The highest BCUT2D eigenvalue weighted by molar-refractivity contribution is 6.02. The van der Waals surface area contributed by atoms with Gasteiger partial charge in [0.1, 0.15) is 5.82 Å². The Hall–Kier alpha value is -4.38. The SMILES string of the molecule is Cc1cccc(/C=N/Nc2nc(N3CCOCC3)c3nc(C(=O)Nc4ccccn4)oc3n2)c1. The minimum absolute atomic E-state index is 0.134. The van der Waals surface area contributed by atoms with E-state index in [1.807, 2.05) is 36.1 Å². The van der Waals surface area contributed by atoms with Crippen LogP contribution in [0, 0.1) is 6.92 Å². The molecule has 1 aliphatic heterocycles. The van der Waals surface area contributed by atoms with E-state index in [1.165, 1.54) is 0 Å². The number of pyridine rings is 1. The number of nitrogens with one attached hydrogen (secondary N) is 2. The number of oxazole rings is 1. The molecule has 0 radical (unpaired) electrons. The maximum atomic E-state index is 12.7. The summed E-state index contributed by atoms with van der Waals surface area (Å²) in [5, 5.41) is 6.91. The zero-order valence-electron chi connectivity index (χ0n) is 18.4. The number of aromatic nitrogens is 4. The fourth-order valence-electron chi connectivity index (χ4n) is 3.47. The van der Waals surface area contributed by atoms with Crippen LogP contribution >= 0.6 is 0 Å². The fourth-order valence-corrected chi connectivity index (χ4v) is 3.47. The first-order valence-electron chi connectivity index (χ1n) is 10.7. The van der Waals surface area contributed by atoms with Crippen molar-refractivity contribution in [3.05, 3.63) is 65.7 Å². The third-order valence-corrected chi connectivity index (χ3v) is 5.07. The van der Waals surface area contributed by atoms with E-state index in [0.29, 0.717) is 43.5 Å². The van der Waals surface area contributed by atoms with Crippen LogP contribution in [0.5, 0.6) is 0 Å². The monoisotopic (exact) mass is 458 g/mol. The number of hydrazone groups is 1. The Balaban J connectivity index is 1.45. The Morgan fingerprint density at radius 3 is 2.79 bits per heavy atom. The Morgan fingerprint density at radius 2 is 2.00 bits per heavy atom. The lowest BCUT2D eigenvalue weighted by molar-refractivity contribution is 0.0991. The van der Waals surface area contributed by atoms with Crippen molar-refractivity contribution in [2.24, 2.45) is 5.10 Å². The molecule has 0 unspecified atom stereocenters. The first-order chi connectivity index (χ1) is 16.7. The number of ether oxygens (including phenoxy) is 1. The van der Waals surface area contributed by atoms with E-state index >= 15 is 0 Å². The summed E-state index contributed by atoms with van der Waals surface area (Å²) in [4.78, 5) is 32.1. The van der Waals surface area contributed by atoms with Crippen LogP contribution in [0.15, 0.2) is 58.2 Å². The molecule has 172 valence electrons. The van der Waals surface area contributed by atoms with Gasteiger partial charge in [-0.3, -0.25) is 4.79 Å². The van der Waals surface area contributed by atoms with Crippen molar-refractivity contribution in [1.82, 2.24) is 19.9 Å². The minimum atomic E-state index is -0.531. The van der Waals surface area contributed by atoms with Crippen LogP contribution in [0.4, 0.5) is 17.6 Å². The Bertz CT molecular complexity index is 1330. The number of nitrogens with zero attached hydrogens (tertiary/aromatic N) is 6. The number of anilines is 3. The van der Waals surface area contributed by atoms with Crippen LogP contribution in [0.25, 0.3) is 11.2 Å². The van der Waals surface area contributed by atoms with Crippen LogP contribution in [-0.4, -0.2) is 58.4 Å². The normalized spacial score (nSPS) is 14.0.